The first-order valence-electron chi connectivity index (χ1n) is 7.80. The van der Waals surface area contributed by atoms with Crippen molar-refractivity contribution in [2.75, 3.05) is 5.32 Å². The van der Waals surface area contributed by atoms with Crippen molar-refractivity contribution in [1.82, 2.24) is 24.5 Å². The molecule has 0 fully saturated rings. The van der Waals surface area contributed by atoms with Gasteiger partial charge in [0.2, 0.25) is 5.95 Å². The number of halogens is 2. The standard InChI is InChI=1S/C16H14ClFN6O3/c17-12-7-11(18)2-1-10(12)8-24-9-19-16(22-24)20-15(27)13-3-5-23(21-13)6-4-14(25)26/h1-3,5,7,9H,4,6,8H2,(H,25,26)(H,20,22,27). The van der Waals surface area contributed by atoms with Crippen molar-refractivity contribution in [2.45, 2.75) is 19.5 Å². The van der Waals surface area contributed by atoms with Crippen LogP contribution in [0.2, 0.25) is 5.02 Å². The number of anilines is 1. The Bertz CT molecular complexity index is 986. The van der Waals surface area contributed by atoms with E-state index in [-0.39, 0.29) is 36.2 Å². The lowest BCUT2D eigenvalue weighted by Gasteiger charge is -2.04. The summed E-state index contributed by atoms with van der Waals surface area (Å²) in [6.07, 6.45) is 2.82. The Kier molecular flexibility index (Phi) is 5.46. The van der Waals surface area contributed by atoms with E-state index in [9.17, 15) is 14.0 Å². The van der Waals surface area contributed by atoms with Gasteiger partial charge in [-0.2, -0.15) is 5.10 Å². The van der Waals surface area contributed by atoms with E-state index in [0.717, 1.165) is 0 Å². The Hall–Kier alpha value is -3.27. The van der Waals surface area contributed by atoms with Crippen LogP contribution >= 0.6 is 11.6 Å². The number of nitrogens with zero attached hydrogens (tertiary/aromatic N) is 5. The van der Waals surface area contributed by atoms with Gasteiger partial charge in [0.1, 0.15) is 12.1 Å². The first-order chi connectivity index (χ1) is 12.9. The SMILES string of the molecule is O=C(O)CCn1ccc(C(=O)Nc2ncn(Cc3ccc(F)cc3Cl)n2)n1. The Balaban J connectivity index is 1.61. The molecule has 9 nitrogen and oxygen atoms in total. The van der Waals surface area contributed by atoms with Gasteiger partial charge in [0.15, 0.2) is 5.69 Å². The summed E-state index contributed by atoms with van der Waals surface area (Å²) in [5.74, 6) is -1.84. The summed E-state index contributed by atoms with van der Waals surface area (Å²) < 4.78 is 15.9. The number of aryl methyl sites for hydroxylation is 1. The van der Waals surface area contributed by atoms with E-state index in [0.29, 0.717) is 5.56 Å². The normalized spacial score (nSPS) is 10.7. The van der Waals surface area contributed by atoms with Crippen molar-refractivity contribution in [3.8, 4) is 0 Å². The molecule has 0 saturated carbocycles. The number of carboxylic acids is 1. The number of carboxylic acid groups (broad SMARTS) is 1. The van der Waals surface area contributed by atoms with Crippen LogP contribution in [-0.4, -0.2) is 41.5 Å². The van der Waals surface area contributed by atoms with E-state index in [1.54, 1.807) is 6.07 Å². The molecule has 3 rings (SSSR count). The minimum absolute atomic E-state index is 0.0679. The molecule has 140 valence electrons. The molecule has 0 radical (unpaired) electrons. The predicted octanol–water partition coefficient (Wildman–Crippen LogP) is 2.04. The Labute approximate surface area is 157 Å². The van der Waals surface area contributed by atoms with Gasteiger partial charge in [-0.1, -0.05) is 17.7 Å². The van der Waals surface area contributed by atoms with Gasteiger partial charge in [-0.25, -0.2) is 14.1 Å². The fraction of sp³-hybridized carbons (Fsp3) is 0.188. The fourth-order valence-corrected chi connectivity index (χ4v) is 2.46. The summed E-state index contributed by atoms with van der Waals surface area (Å²) in [5, 5.41) is 19.5. The van der Waals surface area contributed by atoms with Crippen LogP contribution < -0.4 is 5.32 Å². The molecule has 3 aromatic rings. The molecule has 0 unspecified atom stereocenters. The van der Waals surface area contributed by atoms with Crippen molar-refractivity contribution in [3.05, 3.63) is 58.9 Å². The monoisotopic (exact) mass is 392 g/mol. The average Bonchev–Trinajstić information content (AvgIpc) is 3.25. The highest BCUT2D eigenvalue weighted by atomic mass is 35.5. The van der Waals surface area contributed by atoms with Gasteiger partial charge < -0.3 is 5.11 Å². The van der Waals surface area contributed by atoms with Crippen molar-refractivity contribution < 1.29 is 19.1 Å². The minimum atomic E-state index is -0.951. The third-order valence-corrected chi connectivity index (χ3v) is 3.89. The lowest BCUT2D eigenvalue weighted by molar-refractivity contribution is -0.137. The van der Waals surface area contributed by atoms with Crippen LogP contribution in [0, 0.1) is 5.82 Å². The number of rotatable bonds is 7. The number of hydrogen-bond acceptors (Lipinski definition) is 5. The number of nitrogens with one attached hydrogen (secondary N) is 1. The Morgan fingerprint density at radius 3 is 2.78 bits per heavy atom. The van der Waals surface area contributed by atoms with Crippen LogP contribution in [-0.2, 0) is 17.9 Å². The van der Waals surface area contributed by atoms with Gasteiger partial charge in [0.25, 0.3) is 5.91 Å². The van der Waals surface area contributed by atoms with Crippen molar-refractivity contribution in [2.24, 2.45) is 0 Å². The largest absolute Gasteiger partial charge is 0.481 e. The molecular weight excluding hydrogens is 379 g/mol. The van der Waals surface area contributed by atoms with Gasteiger partial charge in [-0.3, -0.25) is 19.6 Å². The molecule has 11 heteroatoms. The highest BCUT2D eigenvalue weighted by Crippen LogP contribution is 2.18. The number of aromatic nitrogens is 5. The first-order valence-corrected chi connectivity index (χ1v) is 8.18. The maximum Gasteiger partial charge on any atom is 0.305 e. The molecular formula is C16H14ClFN6O3. The summed E-state index contributed by atoms with van der Waals surface area (Å²) >= 11 is 5.98. The van der Waals surface area contributed by atoms with E-state index in [4.69, 9.17) is 16.7 Å². The lowest BCUT2D eigenvalue weighted by Crippen LogP contribution is -2.15. The fourth-order valence-electron chi connectivity index (χ4n) is 2.24. The number of amides is 1. The second-order valence-corrected chi connectivity index (χ2v) is 5.97. The average molecular weight is 393 g/mol. The highest BCUT2D eigenvalue weighted by molar-refractivity contribution is 6.31. The van der Waals surface area contributed by atoms with Crippen molar-refractivity contribution >= 4 is 29.4 Å². The number of hydrogen-bond donors (Lipinski definition) is 2. The van der Waals surface area contributed by atoms with Gasteiger partial charge in [-0.05, 0) is 23.8 Å². The Morgan fingerprint density at radius 1 is 1.22 bits per heavy atom. The second-order valence-electron chi connectivity index (χ2n) is 5.56. The van der Waals surface area contributed by atoms with Crippen LogP contribution in [0.3, 0.4) is 0 Å². The zero-order valence-electron chi connectivity index (χ0n) is 13.8. The third kappa shape index (κ3) is 4.88. The van der Waals surface area contributed by atoms with Crippen molar-refractivity contribution in [3.63, 3.8) is 0 Å². The molecule has 0 saturated heterocycles. The van der Waals surface area contributed by atoms with Crippen molar-refractivity contribution in [1.29, 1.82) is 0 Å². The van der Waals surface area contributed by atoms with Gasteiger partial charge in [0.05, 0.1) is 19.5 Å². The molecule has 0 aliphatic rings. The lowest BCUT2D eigenvalue weighted by atomic mass is 10.2. The molecule has 2 heterocycles. The molecule has 0 aliphatic carbocycles. The molecule has 0 atom stereocenters. The summed E-state index contributed by atoms with van der Waals surface area (Å²) in [5.41, 5.74) is 0.760. The maximum atomic E-state index is 13.1. The summed E-state index contributed by atoms with van der Waals surface area (Å²) in [6, 6.07) is 5.51. The van der Waals surface area contributed by atoms with Crippen LogP contribution in [0.4, 0.5) is 10.3 Å². The quantitative estimate of drug-likeness (QED) is 0.635. The molecule has 0 aliphatic heterocycles. The highest BCUT2D eigenvalue weighted by Gasteiger charge is 2.13. The zero-order valence-corrected chi connectivity index (χ0v) is 14.6. The zero-order chi connectivity index (χ0) is 19.4. The third-order valence-electron chi connectivity index (χ3n) is 3.54. The summed E-state index contributed by atoms with van der Waals surface area (Å²) in [7, 11) is 0. The van der Waals surface area contributed by atoms with Gasteiger partial charge in [0, 0.05) is 11.2 Å². The van der Waals surface area contributed by atoms with Crippen LogP contribution in [0.15, 0.2) is 36.8 Å². The van der Waals surface area contributed by atoms with E-state index in [2.05, 4.69) is 20.5 Å². The molecule has 0 bridgehead atoms. The molecule has 1 aromatic carbocycles. The number of aliphatic carboxylic acids is 1. The van der Waals surface area contributed by atoms with E-state index in [1.807, 2.05) is 0 Å². The molecule has 0 spiro atoms. The van der Waals surface area contributed by atoms with E-state index in [1.165, 1.54) is 40.1 Å². The molecule has 27 heavy (non-hydrogen) atoms. The predicted molar refractivity (Wildman–Crippen MR) is 93.0 cm³/mol. The summed E-state index contributed by atoms with van der Waals surface area (Å²) in [6.45, 7) is 0.416. The number of benzene rings is 1. The van der Waals surface area contributed by atoms with Crippen LogP contribution in [0.25, 0.3) is 0 Å². The molecule has 2 N–H and O–H groups in total. The number of carbonyl (C=O) groups excluding carboxylic acids is 1. The second kappa shape index (κ2) is 7.96. The smallest absolute Gasteiger partial charge is 0.305 e. The van der Waals surface area contributed by atoms with Crippen LogP contribution in [0.1, 0.15) is 22.5 Å². The van der Waals surface area contributed by atoms with E-state index < -0.39 is 17.7 Å². The maximum absolute atomic E-state index is 13.1. The van der Waals surface area contributed by atoms with Gasteiger partial charge >= 0.3 is 5.97 Å². The molecule has 2 aromatic heterocycles. The first kappa shape index (κ1) is 18.5. The number of carbonyl (C=O) groups is 2. The Morgan fingerprint density at radius 2 is 2.04 bits per heavy atom. The van der Waals surface area contributed by atoms with Crippen LogP contribution in [0.5, 0.6) is 0 Å². The minimum Gasteiger partial charge on any atom is -0.481 e. The van der Waals surface area contributed by atoms with E-state index >= 15 is 0 Å². The summed E-state index contributed by atoms with van der Waals surface area (Å²) in [4.78, 5) is 26.7. The molecule has 1 amide bonds. The topological polar surface area (TPSA) is 115 Å². The van der Waals surface area contributed by atoms with Gasteiger partial charge in [-0.15, -0.1) is 5.10 Å².